The number of rotatable bonds is 10. The van der Waals surface area contributed by atoms with Gasteiger partial charge in [-0.05, 0) is 73.6 Å². The van der Waals surface area contributed by atoms with Crippen LogP contribution >= 0.6 is 11.8 Å². The molecule has 0 saturated heterocycles. The van der Waals surface area contributed by atoms with Crippen molar-refractivity contribution in [2.24, 2.45) is 5.92 Å². The van der Waals surface area contributed by atoms with Crippen molar-refractivity contribution in [3.63, 3.8) is 0 Å². The summed E-state index contributed by atoms with van der Waals surface area (Å²) in [7, 11) is 0. The molecule has 0 radical (unpaired) electrons. The summed E-state index contributed by atoms with van der Waals surface area (Å²) in [4.78, 5) is 13.6. The Balaban J connectivity index is 1.74. The summed E-state index contributed by atoms with van der Waals surface area (Å²) in [5.41, 5.74) is 4.51. The van der Waals surface area contributed by atoms with Crippen molar-refractivity contribution < 1.29 is 0 Å². The van der Waals surface area contributed by atoms with E-state index in [9.17, 15) is 0 Å². The van der Waals surface area contributed by atoms with E-state index in [-0.39, 0.29) is 0 Å². The van der Waals surface area contributed by atoms with Crippen molar-refractivity contribution >= 4 is 17.6 Å². The van der Waals surface area contributed by atoms with E-state index in [2.05, 4.69) is 73.3 Å². The van der Waals surface area contributed by atoms with Gasteiger partial charge in [-0.15, -0.1) is 0 Å². The molecule has 0 bridgehead atoms. The number of nitrogens with one attached hydrogen (secondary N) is 1. The molecular formula is C26H32N4S. The molecule has 0 amide bonds. The minimum absolute atomic E-state index is 0.744. The van der Waals surface area contributed by atoms with Crippen molar-refractivity contribution in [1.82, 2.24) is 15.0 Å². The lowest BCUT2D eigenvalue weighted by atomic mass is 10.0. The predicted octanol–water partition coefficient (Wildman–Crippen LogP) is 7.28. The van der Waals surface area contributed by atoms with Crippen LogP contribution in [-0.4, -0.2) is 15.0 Å². The van der Waals surface area contributed by atoms with Gasteiger partial charge in [-0.1, -0.05) is 51.1 Å². The quantitative estimate of drug-likeness (QED) is 0.341. The summed E-state index contributed by atoms with van der Waals surface area (Å²) < 4.78 is 0. The lowest BCUT2D eigenvalue weighted by Gasteiger charge is -2.13. The van der Waals surface area contributed by atoms with Gasteiger partial charge in [0.1, 0.15) is 10.8 Å². The van der Waals surface area contributed by atoms with Gasteiger partial charge in [0.2, 0.25) is 0 Å². The Morgan fingerprint density at radius 2 is 1.90 bits per heavy atom. The second-order valence-corrected chi connectivity index (χ2v) is 9.12. The summed E-state index contributed by atoms with van der Waals surface area (Å²) >= 11 is 1.65. The van der Waals surface area contributed by atoms with Crippen LogP contribution in [-0.2, 0) is 6.42 Å². The number of thioether (sulfide) groups is 1. The SMILES string of the molecule is CC/C=C(\Nc1cc(CCCC(C)C)ccn1)Sc1nc(-c2ccncc2)ccc1C. The van der Waals surface area contributed by atoms with Gasteiger partial charge < -0.3 is 5.32 Å². The molecule has 4 nitrogen and oxygen atoms in total. The van der Waals surface area contributed by atoms with Crippen LogP contribution in [0.4, 0.5) is 5.82 Å². The maximum Gasteiger partial charge on any atom is 0.130 e. The molecular weight excluding hydrogens is 400 g/mol. The van der Waals surface area contributed by atoms with E-state index in [1.54, 1.807) is 24.2 Å². The monoisotopic (exact) mass is 432 g/mol. The minimum atomic E-state index is 0.744. The van der Waals surface area contributed by atoms with Gasteiger partial charge in [0.25, 0.3) is 0 Å². The molecule has 0 aliphatic carbocycles. The molecule has 0 unspecified atom stereocenters. The lowest BCUT2D eigenvalue weighted by molar-refractivity contribution is 0.556. The summed E-state index contributed by atoms with van der Waals surface area (Å²) in [5.74, 6) is 1.63. The molecule has 162 valence electrons. The normalized spacial score (nSPS) is 11.7. The second-order valence-electron chi connectivity index (χ2n) is 8.09. The Hall–Kier alpha value is -2.66. The van der Waals surface area contributed by atoms with Crippen LogP contribution in [0.5, 0.6) is 0 Å². The van der Waals surface area contributed by atoms with Crippen LogP contribution < -0.4 is 5.32 Å². The molecule has 31 heavy (non-hydrogen) atoms. The first-order valence-corrected chi connectivity index (χ1v) is 11.8. The summed E-state index contributed by atoms with van der Waals surface area (Å²) in [6.07, 6.45) is 12.2. The predicted molar refractivity (Wildman–Crippen MR) is 132 cm³/mol. The van der Waals surface area contributed by atoms with E-state index >= 15 is 0 Å². The fourth-order valence-electron chi connectivity index (χ4n) is 3.24. The van der Waals surface area contributed by atoms with Gasteiger partial charge in [0.15, 0.2) is 0 Å². The summed E-state index contributed by atoms with van der Waals surface area (Å²) in [5, 5.41) is 5.57. The van der Waals surface area contributed by atoms with Gasteiger partial charge in [-0.3, -0.25) is 4.98 Å². The Labute approximate surface area is 190 Å². The maximum absolute atomic E-state index is 4.91. The highest BCUT2D eigenvalue weighted by Gasteiger charge is 2.10. The van der Waals surface area contributed by atoms with Crippen molar-refractivity contribution in [2.45, 2.75) is 58.4 Å². The maximum atomic E-state index is 4.91. The molecule has 0 saturated carbocycles. The molecule has 3 rings (SSSR count). The lowest BCUT2D eigenvalue weighted by Crippen LogP contribution is -2.01. The van der Waals surface area contributed by atoms with Crippen LogP contribution in [0.15, 0.2) is 71.1 Å². The topological polar surface area (TPSA) is 50.7 Å². The van der Waals surface area contributed by atoms with Crippen LogP contribution in [0.25, 0.3) is 11.3 Å². The fraction of sp³-hybridized carbons (Fsp3) is 0.346. The average molecular weight is 433 g/mol. The average Bonchev–Trinajstić information content (AvgIpc) is 2.76. The Morgan fingerprint density at radius 3 is 2.65 bits per heavy atom. The number of aromatic nitrogens is 3. The molecule has 3 aromatic rings. The highest BCUT2D eigenvalue weighted by atomic mass is 32.2. The van der Waals surface area contributed by atoms with E-state index in [0.29, 0.717) is 0 Å². The van der Waals surface area contributed by atoms with Crippen LogP contribution in [0.2, 0.25) is 0 Å². The zero-order valence-corrected chi connectivity index (χ0v) is 19.7. The first-order valence-electron chi connectivity index (χ1n) is 11.0. The summed E-state index contributed by atoms with van der Waals surface area (Å²) in [6, 6.07) is 12.4. The van der Waals surface area contributed by atoms with Gasteiger partial charge in [0, 0.05) is 24.2 Å². The van der Waals surface area contributed by atoms with Crippen LogP contribution in [0, 0.1) is 12.8 Å². The third-order valence-corrected chi connectivity index (χ3v) is 6.04. The molecule has 0 fully saturated rings. The number of aryl methyl sites for hydroxylation is 2. The van der Waals surface area contributed by atoms with Crippen molar-refractivity contribution in [3.8, 4) is 11.3 Å². The zero-order valence-electron chi connectivity index (χ0n) is 18.9. The number of nitrogens with zero attached hydrogens (tertiary/aromatic N) is 3. The molecule has 0 atom stereocenters. The van der Waals surface area contributed by atoms with Gasteiger partial charge in [0.05, 0.1) is 10.7 Å². The standard InChI is InChI=1S/C26H32N4S/c1-5-7-25(30-24-18-21(12-17-28-24)9-6-8-19(2)3)31-26-20(4)10-11-23(29-26)22-13-15-27-16-14-22/h7,10-19H,5-6,8-9H2,1-4H3,(H,28,30)/b25-7+. The smallest absolute Gasteiger partial charge is 0.130 e. The summed E-state index contributed by atoms with van der Waals surface area (Å²) in [6.45, 7) is 8.80. The van der Waals surface area contributed by atoms with Crippen LogP contribution in [0.1, 0.15) is 51.2 Å². The Morgan fingerprint density at radius 1 is 1.10 bits per heavy atom. The first kappa shape index (κ1) is 23.0. The number of hydrogen-bond acceptors (Lipinski definition) is 5. The first-order chi connectivity index (χ1) is 15.0. The third kappa shape index (κ3) is 7.21. The highest BCUT2D eigenvalue weighted by Crippen LogP contribution is 2.31. The highest BCUT2D eigenvalue weighted by molar-refractivity contribution is 8.03. The largest absolute Gasteiger partial charge is 0.335 e. The van der Waals surface area contributed by atoms with Crippen molar-refractivity contribution in [2.75, 3.05) is 5.32 Å². The molecule has 0 spiro atoms. The van der Waals surface area contributed by atoms with Crippen LogP contribution in [0.3, 0.4) is 0 Å². The van der Waals surface area contributed by atoms with E-state index in [4.69, 9.17) is 4.98 Å². The molecule has 0 aromatic carbocycles. The van der Waals surface area contributed by atoms with E-state index in [1.165, 1.54) is 18.4 Å². The third-order valence-electron chi connectivity index (χ3n) is 4.95. The second kappa shape index (κ2) is 11.7. The molecule has 1 N–H and O–H groups in total. The number of pyridine rings is 3. The minimum Gasteiger partial charge on any atom is -0.335 e. The number of allylic oxidation sites excluding steroid dienone is 1. The molecule has 0 aliphatic rings. The van der Waals surface area contributed by atoms with Crippen molar-refractivity contribution in [1.29, 1.82) is 0 Å². The number of anilines is 1. The molecule has 3 heterocycles. The molecule has 5 heteroatoms. The van der Waals surface area contributed by atoms with Gasteiger partial charge >= 0.3 is 0 Å². The van der Waals surface area contributed by atoms with Crippen molar-refractivity contribution in [3.05, 3.63) is 77.2 Å². The van der Waals surface area contributed by atoms with Gasteiger partial charge in [-0.25, -0.2) is 9.97 Å². The Kier molecular flexibility index (Phi) is 8.65. The fourth-order valence-corrected chi connectivity index (χ4v) is 4.23. The Bertz CT molecular complexity index is 999. The van der Waals surface area contributed by atoms with E-state index in [1.807, 2.05) is 18.3 Å². The number of hydrogen-bond donors (Lipinski definition) is 1. The van der Waals surface area contributed by atoms with Gasteiger partial charge in [-0.2, -0.15) is 0 Å². The zero-order chi connectivity index (χ0) is 22.1. The molecule has 0 aliphatic heterocycles. The van der Waals surface area contributed by atoms with E-state index in [0.717, 1.165) is 51.5 Å². The molecule has 3 aromatic heterocycles. The van der Waals surface area contributed by atoms with E-state index < -0.39 is 0 Å².